The van der Waals surface area contributed by atoms with E-state index < -0.39 is 44.4 Å². The normalized spacial score (nSPS) is 50.8. The van der Waals surface area contributed by atoms with Gasteiger partial charge in [0.05, 0.1) is 10.7 Å². The fourth-order valence-electron chi connectivity index (χ4n) is 1.21. The third-order valence-electron chi connectivity index (χ3n) is 1.98. The van der Waals surface area contributed by atoms with Crippen molar-refractivity contribution in [1.82, 2.24) is 0 Å². The lowest BCUT2D eigenvalue weighted by molar-refractivity contribution is -0.290. The molecule has 0 aromatic carbocycles. The maximum atomic E-state index is 9.55. The van der Waals surface area contributed by atoms with Crippen LogP contribution < -0.4 is 0 Å². The Morgan fingerprint density at radius 2 is 2.08 bits per heavy atom. The van der Waals surface area contributed by atoms with E-state index in [0.717, 1.165) is 0 Å². The van der Waals surface area contributed by atoms with Crippen LogP contribution in [0.15, 0.2) is 0 Å². The lowest BCUT2D eigenvalue weighted by atomic mass is 9.99. The van der Waals surface area contributed by atoms with E-state index >= 15 is 0 Å². The minimum Gasteiger partial charge on any atom is -0.394 e. The van der Waals surface area contributed by atoms with Crippen LogP contribution in [0.25, 0.3) is 0 Å². The minimum absolute atomic E-state index is 0.633. The van der Waals surface area contributed by atoms with Gasteiger partial charge in [-0.25, -0.2) is 0 Å². The summed E-state index contributed by atoms with van der Waals surface area (Å²) in [5.74, 6) is 0. The molecule has 13 heavy (non-hydrogen) atoms. The number of aliphatic hydroxyl groups is 4. The van der Waals surface area contributed by atoms with Crippen LogP contribution in [0.4, 0.5) is 0 Å². The van der Waals surface area contributed by atoms with Gasteiger partial charge in [-0.15, -0.1) is 0 Å². The van der Waals surface area contributed by atoms with Crippen molar-refractivity contribution < 1.29 is 34.0 Å². The number of ether oxygens (including phenoxy) is 2. The number of hydrogen-bond acceptors (Lipinski definition) is 6. The van der Waals surface area contributed by atoms with Gasteiger partial charge in [0.2, 0.25) is 0 Å². The highest BCUT2D eigenvalue weighted by Gasteiger charge is 2.43. The maximum absolute atomic E-state index is 9.55. The van der Waals surface area contributed by atoms with Crippen LogP contribution in [-0.4, -0.2) is 64.8 Å². The van der Waals surface area contributed by atoms with E-state index in [1.165, 1.54) is 0 Å². The Kier molecular flexibility index (Phi) is 2.36. The van der Waals surface area contributed by atoms with Gasteiger partial charge in [0, 0.05) is 7.04 Å². The Labute approximate surface area is 79.5 Å². The summed E-state index contributed by atoms with van der Waals surface area (Å²) in [7, 11) is -2.83. The Bertz CT molecular complexity index is 235. The highest BCUT2D eigenvalue weighted by atomic mass is 16.6. The van der Waals surface area contributed by atoms with Crippen molar-refractivity contribution in [2.45, 2.75) is 30.7 Å². The molecule has 1 saturated heterocycles. The molecule has 78 valence electrons. The zero-order valence-electron chi connectivity index (χ0n) is 9.70. The van der Waals surface area contributed by atoms with Crippen LogP contribution in [0.2, 0.25) is 0 Å². The topological polar surface area (TPSA) is 99.4 Å². The van der Waals surface area contributed by atoms with Crippen LogP contribution in [0, 0.1) is 0 Å². The molecule has 1 heterocycles. The molecule has 0 bridgehead atoms. The predicted molar refractivity (Wildman–Crippen MR) is 40.8 cm³/mol. The summed E-state index contributed by atoms with van der Waals surface area (Å²) < 4.78 is 29.6. The largest absolute Gasteiger partial charge is 0.394 e. The zero-order chi connectivity index (χ0) is 12.5. The molecule has 1 unspecified atom stereocenters. The number of methoxy groups -OCH3 is 1. The van der Waals surface area contributed by atoms with E-state index in [4.69, 9.17) is 9.22 Å². The van der Waals surface area contributed by atoms with E-state index in [1.54, 1.807) is 0 Å². The summed E-state index contributed by atoms with van der Waals surface area (Å²) in [5.41, 5.74) is 0. The first kappa shape index (κ1) is 7.10. The predicted octanol–water partition coefficient (Wildman–Crippen LogP) is -2.57. The van der Waals surface area contributed by atoms with Crippen molar-refractivity contribution in [1.29, 1.82) is 0 Å². The molecule has 0 saturated carbocycles. The smallest absolute Gasteiger partial charge is 0.184 e. The summed E-state index contributed by atoms with van der Waals surface area (Å²) in [6.07, 6.45) is -7.70. The SMILES string of the molecule is [2H]C([2H])([2H])O[C@H]1[C@H](O)[C@@H](CO)OC(O)[C@@H]1O. The molecule has 1 fully saturated rings. The maximum Gasteiger partial charge on any atom is 0.184 e. The van der Waals surface area contributed by atoms with Gasteiger partial charge in [0.25, 0.3) is 0 Å². The van der Waals surface area contributed by atoms with Crippen LogP contribution in [0.5, 0.6) is 0 Å². The molecule has 1 rings (SSSR count). The molecule has 1 aliphatic rings. The van der Waals surface area contributed by atoms with E-state index in [9.17, 15) is 15.3 Å². The molecule has 0 aromatic rings. The van der Waals surface area contributed by atoms with Gasteiger partial charge < -0.3 is 29.9 Å². The molecule has 0 amide bonds. The van der Waals surface area contributed by atoms with E-state index in [1.807, 2.05) is 0 Å². The van der Waals surface area contributed by atoms with Gasteiger partial charge in [-0.05, 0) is 0 Å². The second kappa shape index (κ2) is 4.32. The quantitative estimate of drug-likeness (QED) is 0.388. The first-order valence-electron chi connectivity index (χ1n) is 5.24. The van der Waals surface area contributed by atoms with E-state index in [0.29, 0.717) is 0 Å². The average molecular weight is 197 g/mol. The highest BCUT2D eigenvalue weighted by molar-refractivity contribution is 4.89. The van der Waals surface area contributed by atoms with Gasteiger partial charge >= 0.3 is 0 Å². The van der Waals surface area contributed by atoms with Crippen LogP contribution >= 0.6 is 0 Å². The van der Waals surface area contributed by atoms with Gasteiger partial charge in [0.15, 0.2) is 6.29 Å². The van der Waals surface area contributed by atoms with Crippen LogP contribution in [0.1, 0.15) is 4.11 Å². The Morgan fingerprint density at radius 3 is 2.62 bits per heavy atom. The van der Waals surface area contributed by atoms with Crippen molar-refractivity contribution in [3.8, 4) is 0 Å². The summed E-state index contributed by atoms with van der Waals surface area (Å²) in [6, 6.07) is 0. The molecule has 6 nitrogen and oxygen atoms in total. The van der Waals surface area contributed by atoms with E-state index in [2.05, 4.69) is 9.47 Å². The first-order chi connectivity index (χ1) is 7.26. The average Bonchev–Trinajstić information content (AvgIpc) is 2.17. The first-order valence-corrected chi connectivity index (χ1v) is 3.74. The van der Waals surface area contributed by atoms with Crippen molar-refractivity contribution in [2.24, 2.45) is 0 Å². The Morgan fingerprint density at radius 1 is 1.38 bits per heavy atom. The van der Waals surface area contributed by atoms with Gasteiger partial charge in [-0.2, -0.15) is 0 Å². The molecule has 0 spiro atoms. The molecule has 0 aliphatic carbocycles. The third-order valence-corrected chi connectivity index (χ3v) is 1.98. The van der Waals surface area contributed by atoms with Gasteiger partial charge in [-0.3, -0.25) is 0 Å². The van der Waals surface area contributed by atoms with Crippen molar-refractivity contribution in [2.75, 3.05) is 13.6 Å². The highest BCUT2D eigenvalue weighted by Crippen LogP contribution is 2.21. The molecule has 0 radical (unpaired) electrons. The fourth-order valence-corrected chi connectivity index (χ4v) is 1.21. The Hall–Kier alpha value is -0.240. The summed E-state index contributed by atoms with van der Waals surface area (Å²) >= 11 is 0. The van der Waals surface area contributed by atoms with E-state index in [-0.39, 0.29) is 0 Å². The van der Waals surface area contributed by atoms with Gasteiger partial charge in [-0.1, -0.05) is 0 Å². The Balaban J connectivity index is 2.77. The van der Waals surface area contributed by atoms with Crippen molar-refractivity contribution in [3.05, 3.63) is 0 Å². The summed E-state index contributed by atoms with van der Waals surface area (Å²) in [4.78, 5) is 0. The van der Waals surface area contributed by atoms with Gasteiger partial charge in [0.1, 0.15) is 24.4 Å². The molecule has 5 atom stereocenters. The lowest BCUT2D eigenvalue weighted by Crippen LogP contribution is -2.59. The number of aliphatic hydroxyl groups excluding tert-OH is 4. The molecule has 1 aliphatic heterocycles. The fraction of sp³-hybridized carbons (Fsp3) is 1.00. The summed E-state index contributed by atoms with van der Waals surface area (Å²) in [6.45, 7) is -0.633. The van der Waals surface area contributed by atoms with Crippen molar-refractivity contribution >= 4 is 0 Å². The second-order valence-electron chi connectivity index (χ2n) is 2.81. The monoisotopic (exact) mass is 197 g/mol. The molecular weight excluding hydrogens is 180 g/mol. The molecular formula is C7H14O6. The standard InChI is InChI=1S/C7H14O6/c1-12-6-4(9)3(2-8)13-7(11)5(6)10/h3-11H,2H2,1H3/t3-,4-,5-,6+,7?/m1/s1/i1D3. The molecule has 0 aromatic heterocycles. The third kappa shape index (κ3) is 1.98. The summed E-state index contributed by atoms with van der Waals surface area (Å²) in [5, 5.41) is 37.0. The van der Waals surface area contributed by atoms with Crippen LogP contribution in [0.3, 0.4) is 0 Å². The number of hydrogen-bond donors (Lipinski definition) is 4. The van der Waals surface area contributed by atoms with Crippen molar-refractivity contribution in [3.63, 3.8) is 0 Å². The lowest BCUT2D eigenvalue weighted by Gasteiger charge is -2.39. The van der Waals surface area contributed by atoms with Crippen LogP contribution in [-0.2, 0) is 9.47 Å². The minimum atomic E-state index is -2.83. The molecule has 6 heteroatoms. The number of rotatable bonds is 2. The molecule has 4 N–H and O–H groups in total. The zero-order valence-corrected chi connectivity index (χ0v) is 6.70. The second-order valence-corrected chi connectivity index (χ2v) is 2.81.